The van der Waals surface area contributed by atoms with Crippen molar-refractivity contribution >= 4 is 5.91 Å². The molecule has 1 amide bonds. The van der Waals surface area contributed by atoms with Crippen LogP contribution >= 0.6 is 0 Å². The lowest BCUT2D eigenvalue weighted by atomic mass is 9.96. The van der Waals surface area contributed by atoms with Crippen molar-refractivity contribution in [2.45, 2.75) is 39.3 Å². The lowest BCUT2D eigenvalue weighted by Crippen LogP contribution is -2.46. The van der Waals surface area contributed by atoms with E-state index in [2.05, 4.69) is 37.1 Å². The van der Waals surface area contributed by atoms with Crippen LogP contribution in [0.2, 0.25) is 0 Å². The number of likely N-dealkylation sites (tertiary alicyclic amines) is 1. The number of aromatic nitrogens is 2. The monoisotopic (exact) mass is 278 g/mol. The SMILES string of the molecule is CC(C)N1CC(CN(C)Cc2cnn(C)c2)CCC1=O. The average molecular weight is 278 g/mol. The summed E-state index contributed by atoms with van der Waals surface area (Å²) in [7, 11) is 4.08. The molecule has 1 aromatic heterocycles. The molecular formula is C15H26N4O. The van der Waals surface area contributed by atoms with Gasteiger partial charge in [0.1, 0.15) is 0 Å². The predicted octanol–water partition coefficient (Wildman–Crippen LogP) is 1.50. The Hall–Kier alpha value is -1.36. The minimum Gasteiger partial charge on any atom is -0.340 e. The molecule has 0 spiro atoms. The summed E-state index contributed by atoms with van der Waals surface area (Å²) >= 11 is 0. The molecule has 1 fully saturated rings. The highest BCUT2D eigenvalue weighted by molar-refractivity contribution is 5.77. The van der Waals surface area contributed by atoms with E-state index in [9.17, 15) is 4.79 Å². The minimum absolute atomic E-state index is 0.311. The largest absolute Gasteiger partial charge is 0.340 e. The Morgan fingerprint density at radius 3 is 2.85 bits per heavy atom. The van der Waals surface area contributed by atoms with E-state index in [4.69, 9.17) is 0 Å². The second-order valence-corrected chi connectivity index (χ2v) is 6.26. The van der Waals surface area contributed by atoms with Crippen molar-refractivity contribution in [1.82, 2.24) is 19.6 Å². The third-order valence-corrected chi connectivity index (χ3v) is 3.95. The van der Waals surface area contributed by atoms with Crippen molar-refractivity contribution in [3.05, 3.63) is 18.0 Å². The van der Waals surface area contributed by atoms with Crippen molar-refractivity contribution < 1.29 is 4.79 Å². The lowest BCUT2D eigenvalue weighted by Gasteiger charge is -2.37. The van der Waals surface area contributed by atoms with Gasteiger partial charge in [0.2, 0.25) is 5.91 Å². The van der Waals surface area contributed by atoms with Crippen molar-refractivity contribution in [2.24, 2.45) is 13.0 Å². The molecule has 5 heteroatoms. The molecule has 1 aliphatic rings. The third kappa shape index (κ3) is 3.82. The molecule has 0 aliphatic carbocycles. The Bertz CT molecular complexity index is 454. The summed E-state index contributed by atoms with van der Waals surface area (Å²) < 4.78 is 1.84. The van der Waals surface area contributed by atoms with Gasteiger partial charge in [-0.25, -0.2) is 0 Å². The molecule has 0 N–H and O–H groups in total. The Labute approximate surface area is 121 Å². The van der Waals surface area contributed by atoms with Crippen LogP contribution < -0.4 is 0 Å². The highest BCUT2D eigenvalue weighted by Gasteiger charge is 2.27. The molecular weight excluding hydrogens is 252 g/mol. The summed E-state index contributed by atoms with van der Waals surface area (Å²) in [6.45, 7) is 7.04. The van der Waals surface area contributed by atoms with Gasteiger partial charge < -0.3 is 9.80 Å². The maximum Gasteiger partial charge on any atom is 0.222 e. The van der Waals surface area contributed by atoms with Crippen LogP contribution in [0.5, 0.6) is 0 Å². The van der Waals surface area contributed by atoms with Gasteiger partial charge in [-0.05, 0) is 33.2 Å². The second-order valence-electron chi connectivity index (χ2n) is 6.26. The minimum atomic E-state index is 0.311. The highest BCUT2D eigenvalue weighted by Crippen LogP contribution is 2.20. The Kier molecular flexibility index (Phi) is 4.81. The van der Waals surface area contributed by atoms with Crippen LogP contribution in [-0.4, -0.2) is 51.7 Å². The summed E-state index contributed by atoms with van der Waals surface area (Å²) in [4.78, 5) is 16.2. The van der Waals surface area contributed by atoms with E-state index in [-0.39, 0.29) is 0 Å². The first-order valence-electron chi connectivity index (χ1n) is 7.41. The van der Waals surface area contributed by atoms with Crippen LogP contribution in [0.4, 0.5) is 0 Å². The molecule has 0 bridgehead atoms. The standard InChI is InChI=1S/C15H26N4O/c1-12(2)19-11-13(5-6-15(19)20)8-17(3)9-14-7-16-18(4)10-14/h7,10,12-13H,5-6,8-9,11H2,1-4H3. The topological polar surface area (TPSA) is 41.4 Å². The fraction of sp³-hybridized carbons (Fsp3) is 0.733. The second kappa shape index (κ2) is 6.39. The number of amides is 1. The van der Waals surface area contributed by atoms with Crippen LogP contribution in [0.15, 0.2) is 12.4 Å². The van der Waals surface area contributed by atoms with Gasteiger partial charge in [-0.3, -0.25) is 9.48 Å². The van der Waals surface area contributed by atoms with Gasteiger partial charge in [-0.1, -0.05) is 0 Å². The summed E-state index contributed by atoms with van der Waals surface area (Å²) in [5, 5.41) is 4.20. The van der Waals surface area contributed by atoms with Gasteiger partial charge in [0.05, 0.1) is 6.20 Å². The molecule has 0 saturated carbocycles. The number of hydrogen-bond donors (Lipinski definition) is 0. The van der Waals surface area contributed by atoms with E-state index in [1.54, 1.807) is 0 Å². The molecule has 5 nitrogen and oxygen atoms in total. The van der Waals surface area contributed by atoms with Crippen molar-refractivity contribution in [3.63, 3.8) is 0 Å². The number of piperidine rings is 1. The first-order chi connectivity index (χ1) is 9.45. The van der Waals surface area contributed by atoms with E-state index >= 15 is 0 Å². The number of aryl methyl sites for hydroxylation is 1. The van der Waals surface area contributed by atoms with Gasteiger partial charge in [-0.2, -0.15) is 5.10 Å². The maximum atomic E-state index is 11.9. The molecule has 1 aliphatic heterocycles. The smallest absolute Gasteiger partial charge is 0.222 e. The molecule has 1 unspecified atom stereocenters. The van der Waals surface area contributed by atoms with Gasteiger partial charge in [0.25, 0.3) is 0 Å². The zero-order valence-corrected chi connectivity index (χ0v) is 13.0. The maximum absolute atomic E-state index is 11.9. The average Bonchev–Trinajstić information content (AvgIpc) is 2.76. The van der Waals surface area contributed by atoms with E-state index in [1.165, 1.54) is 5.56 Å². The van der Waals surface area contributed by atoms with Crippen molar-refractivity contribution in [1.29, 1.82) is 0 Å². The number of hydrogen-bond acceptors (Lipinski definition) is 3. The van der Waals surface area contributed by atoms with E-state index in [1.807, 2.05) is 22.8 Å². The van der Waals surface area contributed by atoms with Crippen molar-refractivity contribution in [2.75, 3.05) is 20.1 Å². The summed E-state index contributed by atoms with van der Waals surface area (Å²) in [6.07, 6.45) is 5.69. The highest BCUT2D eigenvalue weighted by atomic mass is 16.2. The molecule has 1 saturated heterocycles. The van der Waals surface area contributed by atoms with E-state index in [0.717, 1.165) is 26.1 Å². The molecule has 0 aromatic carbocycles. The molecule has 2 heterocycles. The third-order valence-electron chi connectivity index (χ3n) is 3.95. The van der Waals surface area contributed by atoms with Crippen LogP contribution in [0.25, 0.3) is 0 Å². The summed E-state index contributed by atoms with van der Waals surface area (Å²) in [5.41, 5.74) is 1.24. The van der Waals surface area contributed by atoms with Crippen LogP contribution in [0, 0.1) is 5.92 Å². The van der Waals surface area contributed by atoms with Crippen molar-refractivity contribution in [3.8, 4) is 0 Å². The summed E-state index contributed by atoms with van der Waals surface area (Å²) in [5.74, 6) is 0.892. The Morgan fingerprint density at radius 1 is 1.50 bits per heavy atom. The van der Waals surface area contributed by atoms with Crippen LogP contribution in [0.1, 0.15) is 32.3 Å². The number of carbonyl (C=O) groups excluding carboxylic acids is 1. The number of nitrogens with zero attached hydrogens (tertiary/aromatic N) is 4. The van der Waals surface area contributed by atoms with Gasteiger partial charge >= 0.3 is 0 Å². The zero-order chi connectivity index (χ0) is 14.7. The number of rotatable bonds is 5. The molecule has 1 aromatic rings. The van der Waals surface area contributed by atoms with E-state index < -0.39 is 0 Å². The first kappa shape index (κ1) is 15.0. The van der Waals surface area contributed by atoms with Gasteiger partial charge in [0.15, 0.2) is 0 Å². The molecule has 112 valence electrons. The van der Waals surface area contributed by atoms with Crippen LogP contribution in [-0.2, 0) is 18.4 Å². The number of carbonyl (C=O) groups is 1. The fourth-order valence-electron chi connectivity index (χ4n) is 2.96. The van der Waals surface area contributed by atoms with Gasteiger partial charge in [0, 0.05) is 50.9 Å². The molecule has 20 heavy (non-hydrogen) atoms. The Morgan fingerprint density at radius 2 is 2.25 bits per heavy atom. The van der Waals surface area contributed by atoms with Crippen LogP contribution in [0.3, 0.4) is 0 Å². The lowest BCUT2D eigenvalue weighted by molar-refractivity contribution is -0.136. The predicted molar refractivity (Wildman–Crippen MR) is 79.1 cm³/mol. The van der Waals surface area contributed by atoms with Gasteiger partial charge in [-0.15, -0.1) is 0 Å². The quantitative estimate of drug-likeness (QED) is 0.819. The fourth-order valence-corrected chi connectivity index (χ4v) is 2.96. The first-order valence-corrected chi connectivity index (χ1v) is 7.41. The summed E-state index contributed by atoms with van der Waals surface area (Å²) in [6, 6.07) is 0.314. The zero-order valence-electron chi connectivity index (χ0n) is 13.0. The molecule has 2 rings (SSSR count). The molecule has 0 radical (unpaired) electrons. The normalized spacial score (nSPS) is 20.2. The van der Waals surface area contributed by atoms with E-state index in [0.29, 0.717) is 24.3 Å². The molecule has 1 atom stereocenters. The Balaban J connectivity index is 1.85.